The predicted molar refractivity (Wildman–Crippen MR) is 53.2 cm³/mol. The number of carbonyl (C=O) groups is 2. The zero-order valence-corrected chi connectivity index (χ0v) is 8.86. The number of carboxylic acids is 1. The average molecular weight is 215 g/mol. The third-order valence-corrected chi connectivity index (χ3v) is 2.63. The molecule has 0 aromatic heterocycles. The lowest BCUT2D eigenvalue weighted by atomic mass is 10.0. The molecule has 3 N–H and O–H groups in total. The third-order valence-electron chi connectivity index (χ3n) is 2.63. The lowest BCUT2D eigenvalue weighted by Crippen LogP contribution is -2.41. The molecule has 5 nitrogen and oxygen atoms in total. The minimum absolute atomic E-state index is 0.405. The van der Waals surface area contributed by atoms with Gasteiger partial charge in [0.05, 0.1) is 0 Å². The molecule has 1 aliphatic heterocycles. The SMILES string of the molecule is CCCCCCC1OC1(N)C(=O)C(=O)O. The predicted octanol–water partition coefficient (Wildman–Crippen LogP) is 0.664. The smallest absolute Gasteiger partial charge is 0.376 e. The molecule has 1 aliphatic rings. The summed E-state index contributed by atoms with van der Waals surface area (Å²) >= 11 is 0. The zero-order chi connectivity index (χ0) is 11.5. The van der Waals surface area contributed by atoms with Crippen molar-refractivity contribution in [3.05, 3.63) is 0 Å². The highest BCUT2D eigenvalue weighted by Gasteiger charge is 2.61. The lowest BCUT2D eigenvalue weighted by Gasteiger charge is -2.01. The molecule has 86 valence electrons. The Balaban J connectivity index is 2.26. The first kappa shape index (κ1) is 12.1. The van der Waals surface area contributed by atoms with Crippen molar-refractivity contribution in [3.8, 4) is 0 Å². The fraction of sp³-hybridized carbons (Fsp3) is 0.800. The number of hydrogen-bond acceptors (Lipinski definition) is 4. The van der Waals surface area contributed by atoms with Crippen LogP contribution in [0.2, 0.25) is 0 Å². The van der Waals surface area contributed by atoms with Crippen LogP contribution in [0.3, 0.4) is 0 Å². The van der Waals surface area contributed by atoms with E-state index in [2.05, 4.69) is 6.92 Å². The summed E-state index contributed by atoms with van der Waals surface area (Å²) in [4.78, 5) is 21.5. The molecule has 1 saturated heterocycles. The number of Topliss-reactive ketones (excluding diaryl/α,β-unsaturated/α-hetero) is 1. The van der Waals surface area contributed by atoms with Crippen LogP contribution in [0, 0.1) is 0 Å². The van der Waals surface area contributed by atoms with Crippen LogP contribution in [-0.2, 0) is 14.3 Å². The van der Waals surface area contributed by atoms with Gasteiger partial charge in [0, 0.05) is 0 Å². The number of aliphatic carboxylic acids is 1. The molecular weight excluding hydrogens is 198 g/mol. The van der Waals surface area contributed by atoms with Gasteiger partial charge >= 0.3 is 5.97 Å². The van der Waals surface area contributed by atoms with Gasteiger partial charge in [-0.25, -0.2) is 4.79 Å². The number of ether oxygens (including phenoxy) is 1. The summed E-state index contributed by atoms with van der Waals surface area (Å²) in [7, 11) is 0. The summed E-state index contributed by atoms with van der Waals surface area (Å²) in [6, 6.07) is 0. The summed E-state index contributed by atoms with van der Waals surface area (Å²) in [6.07, 6.45) is 4.51. The number of hydrogen-bond donors (Lipinski definition) is 2. The molecule has 0 aromatic rings. The Morgan fingerprint density at radius 1 is 1.40 bits per heavy atom. The number of epoxide rings is 1. The molecule has 5 heteroatoms. The Labute approximate surface area is 88.6 Å². The number of rotatable bonds is 7. The highest BCUT2D eigenvalue weighted by atomic mass is 16.6. The van der Waals surface area contributed by atoms with Crippen LogP contribution in [-0.4, -0.2) is 28.7 Å². The van der Waals surface area contributed by atoms with Gasteiger partial charge in [-0.3, -0.25) is 10.5 Å². The van der Waals surface area contributed by atoms with Crippen molar-refractivity contribution in [2.24, 2.45) is 5.73 Å². The fourth-order valence-electron chi connectivity index (χ4n) is 1.60. The van der Waals surface area contributed by atoms with E-state index in [4.69, 9.17) is 15.6 Å². The van der Waals surface area contributed by atoms with Gasteiger partial charge in [-0.15, -0.1) is 0 Å². The molecule has 2 unspecified atom stereocenters. The van der Waals surface area contributed by atoms with E-state index in [0.717, 1.165) is 25.7 Å². The van der Waals surface area contributed by atoms with Crippen LogP contribution in [0.4, 0.5) is 0 Å². The summed E-state index contributed by atoms with van der Waals surface area (Å²) < 4.78 is 4.96. The van der Waals surface area contributed by atoms with Crippen LogP contribution in [0.25, 0.3) is 0 Å². The Hall–Kier alpha value is -0.940. The van der Waals surface area contributed by atoms with E-state index in [-0.39, 0.29) is 0 Å². The van der Waals surface area contributed by atoms with E-state index >= 15 is 0 Å². The monoisotopic (exact) mass is 215 g/mol. The minimum atomic E-state index is -1.54. The van der Waals surface area contributed by atoms with Crippen LogP contribution in [0.1, 0.15) is 39.0 Å². The van der Waals surface area contributed by atoms with Gasteiger partial charge in [0.25, 0.3) is 5.78 Å². The van der Waals surface area contributed by atoms with E-state index < -0.39 is 23.6 Å². The van der Waals surface area contributed by atoms with Gasteiger partial charge in [0.2, 0.25) is 5.72 Å². The highest BCUT2D eigenvalue weighted by Crippen LogP contribution is 2.35. The van der Waals surface area contributed by atoms with Gasteiger partial charge in [-0.1, -0.05) is 32.6 Å². The molecule has 0 bridgehead atoms. The zero-order valence-electron chi connectivity index (χ0n) is 8.86. The number of carbonyl (C=O) groups excluding carboxylic acids is 1. The maximum absolute atomic E-state index is 11.1. The summed E-state index contributed by atoms with van der Waals surface area (Å²) in [5, 5.41) is 8.48. The largest absolute Gasteiger partial charge is 0.475 e. The van der Waals surface area contributed by atoms with Gasteiger partial charge in [0.15, 0.2) is 0 Å². The maximum Gasteiger partial charge on any atom is 0.376 e. The molecule has 15 heavy (non-hydrogen) atoms. The highest BCUT2D eigenvalue weighted by molar-refractivity contribution is 6.36. The fourth-order valence-corrected chi connectivity index (χ4v) is 1.60. The van der Waals surface area contributed by atoms with Crippen molar-refractivity contribution in [2.45, 2.75) is 50.9 Å². The molecule has 0 spiro atoms. The second-order valence-corrected chi connectivity index (χ2v) is 3.88. The number of nitrogens with two attached hydrogens (primary N) is 1. The molecular formula is C10H17NO4. The minimum Gasteiger partial charge on any atom is -0.475 e. The third kappa shape index (κ3) is 2.76. The normalized spacial score (nSPS) is 28.8. The number of unbranched alkanes of at least 4 members (excludes halogenated alkanes) is 3. The van der Waals surface area contributed by atoms with Crippen molar-refractivity contribution >= 4 is 11.8 Å². The molecule has 0 aliphatic carbocycles. The van der Waals surface area contributed by atoms with Crippen molar-refractivity contribution < 1.29 is 19.4 Å². The summed E-state index contributed by atoms with van der Waals surface area (Å²) in [5.41, 5.74) is 3.95. The van der Waals surface area contributed by atoms with Gasteiger partial charge in [-0.2, -0.15) is 0 Å². The van der Waals surface area contributed by atoms with Gasteiger partial charge in [0.1, 0.15) is 6.10 Å². The van der Waals surface area contributed by atoms with Crippen molar-refractivity contribution in [1.29, 1.82) is 0 Å². The van der Waals surface area contributed by atoms with Crippen molar-refractivity contribution in [2.75, 3.05) is 0 Å². The lowest BCUT2D eigenvalue weighted by molar-refractivity contribution is -0.151. The summed E-state index contributed by atoms with van der Waals surface area (Å²) in [6.45, 7) is 2.11. The second-order valence-electron chi connectivity index (χ2n) is 3.88. The first-order chi connectivity index (χ1) is 7.02. The molecule has 0 saturated carbocycles. The number of carboxylic acid groups (broad SMARTS) is 1. The molecule has 1 rings (SSSR count). The summed E-state index contributed by atoms with van der Waals surface area (Å²) in [5.74, 6) is -2.56. The molecule has 1 heterocycles. The van der Waals surface area contributed by atoms with Gasteiger partial charge < -0.3 is 9.84 Å². The second kappa shape index (κ2) is 4.72. The molecule has 0 amide bonds. The Kier molecular flexibility index (Phi) is 3.82. The molecule has 0 aromatic carbocycles. The van der Waals surface area contributed by atoms with E-state index in [1.165, 1.54) is 0 Å². The number of ketones is 1. The Morgan fingerprint density at radius 3 is 2.60 bits per heavy atom. The molecule has 0 radical (unpaired) electrons. The van der Waals surface area contributed by atoms with Crippen LogP contribution >= 0.6 is 0 Å². The molecule has 2 atom stereocenters. The van der Waals surface area contributed by atoms with Crippen molar-refractivity contribution in [1.82, 2.24) is 0 Å². The van der Waals surface area contributed by atoms with Gasteiger partial charge in [-0.05, 0) is 6.42 Å². The van der Waals surface area contributed by atoms with E-state index in [0.29, 0.717) is 6.42 Å². The van der Waals surface area contributed by atoms with Crippen molar-refractivity contribution in [3.63, 3.8) is 0 Å². The topological polar surface area (TPSA) is 92.9 Å². The Morgan fingerprint density at radius 2 is 2.07 bits per heavy atom. The first-order valence-corrected chi connectivity index (χ1v) is 5.26. The first-order valence-electron chi connectivity index (χ1n) is 5.26. The van der Waals surface area contributed by atoms with E-state index in [1.54, 1.807) is 0 Å². The van der Waals surface area contributed by atoms with E-state index in [9.17, 15) is 9.59 Å². The Bertz CT molecular complexity index is 266. The van der Waals surface area contributed by atoms with Crippen LogP contribution in [0.5, 0.6) is 0 Å². The maximum atomic E-state index is 11.1. The standard InChI is InChI=1S/C10H17NO4/c1-2-3-4-5-6-7-10(11,15-7)8(12)9(13)14/h7H,2-6,11H2,1H3,(H,13,14). The quantitative estimate of drug-likeness (QED) is 0.370. The van der Waals surface area contributed by atoms with E-state index in [1.807, 2.05) is 0 Å². The van der Waals surface area contributed by atoms with Crippen LogP contribution < -0.4 is 5.73 Å². The van der Waals surface area contributed by atoms with Crippen LogP contribution in [0.15, 0.2) is 0 Å². The average Bonchev–Trinajstić information content (AvgIpc) is 2.85. The molecule has 1 fully saturated rings.